The predicted molar refractivity (Wildman–Crippen MR) is 110 cm³/mol. The van der Waals surface area contributed by atoms with E-state index < -0.39 is 72.7 Å². The van der Waals surface area contributed by atoms with Gasteiger partial charge in [-0.25, -0.2) is 9.59 Å². The number of ether oxygens (including phenoxy) is 2. The van der Waals surface area contributed by atoms with Gasteiger partial charge in [-0.2, -0.15) is 9.97 Å². The van der Waals surface area contributed by atoms with Crippen molar-refractivity contribution in [2.45, 2.75) is 48.1 Å². The van der Waals surface area contributed by atoms with Crippen LogP contribution in [0.3, 0.4) is 0 Å². The average molecular weight is 484 g/mol. The van der Waals surface area contributed by atoms with Crippen LogP contribution in [-0.2, 0) is 20.9 Å². The molecule has 0 amide bonds. The number of aliphatic hydroxyl groups excluding tert-OH is 6. The molecule has 0 aliphatic carbocycles. The fourth-order valence-corrected chi connectivity index (χ4v) is 4.57. The van der Waals surface area contributed by atoms with Crippen LogP contribution in [0.5, 0.6) is 0 Å². The third kappa shape index (κ3) is 3.08. The summed E-state index contributed by atoms with van der Waals surface area (Å²) in [5, 5.41) is 63.3. The fraction of sp³-hybridized carbons (Fsp3) is 0.556. The Morgan fingerprint density at radius 2 is 1.15 bits per heavy atom. The zero-order valence-corrected chi connectivity index (χ0v) is 17.4. The lowest BCUT2D eigenvalue weighted by atomic mass is 9.85. The predicted octanol–water partition coefficient (Wildman–Crippen LogP) is -5.80. The zero-order valence-electron chi connectivity index (χ0n) is 17.4. The third-order valence-corrected chi connectivity index (χ3v) is 6.11. The number of hydrogen-bond acceptors (Lipinski definition) is 14. The van der Waals surface area contributed by atoms with E-state index in [-0.39, 0.29) is 11.6 Å². The van der Waals surface area contributed by atoms with E-state index in [2.05, 4.69) is 9.97 Å². The SMILES string of the molecule is Nc1ccn([C@]2([C@@]3(n4ccc(N)nc4=O)O[C@H](CO)[C@@H](O)[C@H]3O)O[C@H](CO)[C@@H](O)[C@H]2O)c(=O)n1. The molecule has 4 heterocycles. The van der Waals surface area contributed by atoms with Gasteiger partial charge in [-0.15, -0.1) is 0 Å². The molecular weight excluding hydrogens is 460 g/mol. The van der Waals surface area contributed by atoms with E-state index >= 15 is 0 Å². The van der Waals surface area contributed by atoms with E-state index in [0.717, 1.165) is 24.5 Å². The molecule has 2 aromatic rings. The molecule has 34 heavy (non-hydrogen) atoms. The molecule has 2 fully saturated rings. The van der Waals surface area contributed by atoms with Crippen LogP contribution in [0.4, 0.5) is 11.6 Å². The largest absolute Gasteiger partial charge is 0.394 e. The lowest BCUT2D eigenvalue weighted by Crippen LogP contribution is -2.71. The Kier molecular flexibility index (Phi) is 5.95. The summed E-state index contributed by atoms with van der Waals surface area (Å²) in [7, 11) is 0. The Bertz CT molecular complexity index is 1100. The van der Waals surface area contributed by atoms with Crippen molar-refractivity contribution in [2.75, 3.05) is 24.7 Å². The normalized spacial score (nSPS) is 37.8. The summed E-state index contributed by atoms with van der Waals surface area (Å²) in [5.74, 6) is -0.464. The van der Waals surface area contributed by atoms with Gasteiger partial charge in [0.05, 0.1) is 13.2 Å². The Labute approximate surface area is 189 Å². The number of nitrogen functional groups attached to an aromatic ring is 2. The number of rotatable bonds is 5. The highest BCUT2D eigenvalue weighted by Gasteiger charge is 2.76. The van der Waals surface area contributed by atoms with Gasteiger partial charge in [0.1, 0.15) is 48.3 Å². The molecule has 0 aromatic carbocycles. The van der Waals surface area contributed by atoms with Crippen molar-refractivity contribution in [3.8, 4) is 0 Å². The standard InChI is InChI=1S/C18H24N6O10/c19-9-1-3-23(15(31)21-9)17(13(29)11(27)7(5-25)33-17)18(14(30)12(28)8(6-26)34-18)24-4-2-10(20)22-16(24)32/h1-4,7-8,11-14,25-30H,5-6H2,(H2,19,21,31)(H2,20,22,32)/t7-,8-,11-,12-,13-,14-,17+,18+/m1/s1. The Morgan fingerprint density at radius 3 is 1.41 bits per heavy atom. The smallest absolute Gasteiger partial charge is 0.352 e. The van der Waals surface area contributed by atoms with Crippen molar-refractivity contribution in [3.63, 3.8) is 0 Å². The Balaban J connectivity index is 2.15. The van der Waals surface area contributed by atoms with E-state index in [1.165, 1.54) is 0 Å². The molecule has 8 atom stereocenters. The lowest BCUT2D eigenvalue weighted by Gasteiger charge is -2.48. The van der Waals surface area contributed by atoms with E-state index in [9.17, 15) is 40.2 Å². The lowest BCUT2D eigenvalue weighted by molar-refractivity contribution is -0.327. The molecule has 0 bridgehead atoms. The summed E-state index contributed by atoms with van der Waals surface area (Å²) < 4.78 is 12.8. The van der Waals surface area contributed by atoms with Gasteiger partial charge >= 0.3 is 11.4 Å². The number of hydrogen-bond donors (Lipinski definition) is 8. The van der Waals surface area contributed by atoms with Crippen molar-refractivity contribution in [1.29, 1.82) is 0 Å². The summed E-state index contributed by atoms with van der Waals surface area (Å²) in [6.45, 7) is -1.74. The molecule has 186 valence electrons. The first-order valence-corrected chi connectivity index (χ1v) is 10.1. The molecule has 0 radical (unpaired) electrons. The van der Waals surface area contributed by atoms with Gasteiger partial charge in [0.15, 0.2) is 0 Å². The van der Waals surface area contributed by atoms with Gasteiger partial charge in [-0.1, -0.05) is 0 Å². The maximum absolute atomic E-state index is 13.0. The van der Waals surface area contributed by atoms with Crippen LogP contribution in [0.25, 0.3) is 0 Å². The monoisotopic (exact) mass is 484 g/mol. The number of nitrogens with zero attached hydrogens (tertiary/aromatic N) is 4. The van der Waals surface area contributed by atoms with E-state index in [4.69, 9.17) is 20.9 Å². The second-order valence-electron chi connectivity index (χ2n) is 7.95. The highest BCUT2D eigenvalue weighted by atomic mass is 16.6. The topological polar surface area (TPSA) is 262 Å². The number of anilines is 2. The summed E-state index contributed by atoms with van der Waals surface area (Å²) in [5.41, 5.74) is 3.28. The van der Waals surface area contributed by atoms with Crippen molar-refractivity contribution in [3.05, 3.63) is 45.5 Å². The molecule has 0 saturated carbocycles. The van der Waals surface area contributed by atoms with Gasteiger partial charge in [-0.3, -0.25) is 9.13 Å². The summed E-state index contributed by atoms with van der Waals surface area (Å²) in [6, 6.07) is 2.24. The molecule has 10 N–H and O–H groups in total. The minimum Gasteiger partial charge on any atom is -0.394 e. The first-order chi connectivity index (χ1) is 16.0. The third-order valence-electron chi connectivity index (χ3n) is 6.11. The molecule has 4 rings (SSSR count). The minimum absolute atomic E-state index is 0.232. The fourth-order valence-electron chi connectivity index (χ4n) is 4.57. The minimum atomic E-state index is -2.76. The molecule has 2 aliphatic rings. The first kappa shape index (κ1) is 24.2. The maximum atomic E-state index is 13.0. The molecule has 16 heteroatoms. The summed E-state index contributed by atoms with van der Waals surface area (Å²) in [4.78, 5) is 33.0. The average Bonchev–Trinajstić information content (AvgIpc) is 3.20. The molecule has 2 aliphatic heterocycles. The van der Waals surface area contributed by atoms with Crippen molar-refractivity contribution in [2.24, 2.45) is 0 Å². The highest BCUT2D eigenvalue weighted by Crippen LogP contribution is 2.53. The van der Waals surface area contributed by atoms with Crippen LogP contribution >= 0.6 is 0 Å². The number of aromatic nitrogens is 4. The van der Waals surface area contributed by atoms with E-state index in [1.54, 1.807) is 0 Å². The van der Waals surface area contributed by atoms with Gasteiger partial charge in [-0.05, 0) is 12.1 Å². The summed E-state index contributed by atoms with van der Waals surface area (Å²) in [6.07, 6.45) is -9.27. The highest BCUT2D eigenvalue weighted by molar-refractivity contribution is 5.27. The van der Waals surface area contributed by atoms with Crippen LogP contribution in [-0.4, -0.2) is 99.6 Å². The molecule has 0 spiro atoms. The zero-order chi connectivity index (χ0) is 25.0. The van der Waals surface area contributed by atoms with Crippen LogP contribution < -0.4 is 22.8 Å². The number of aliphatic hydroxyl groups is 6. The van der Waals surface area contributed by atoms with Gasteiger partial charge < -0.3 is 51.6 Å². The van der Waals surface area contributed by atoms with Crippen molar-refractivity contribution < 1.29 is 40.1 Å². The Hall–Kier alpha value is -2.96. The van der Waals surface area contributed by atoms with E-state index in [0.29, 0.717) is 9.13 Å². The molecular formula is C18H24N6O10. The second-order valence-corrected chi connectivity index (χ2v) is 7.95. The van der Waals surface area contributed by atoms with Gasteiger partial charge in [0.25, 0.3) is 0 Å². The molecule has 16 nitrogen and oxygen atoms in total. The van der Waals surface area contributed by atoms with Crippen molar-refractivity contribution >= 4 is 11.6 Å². The van der Waals surface area contributed by atoms with Crippen LogP contribution in [0.15, 0.2) is 34.1 Å². The molecule has 2 saturated heterocycles. The van der Waals surface area contributed by atoms with Crippen LogP contribution in [0.1, 0.15) is 0 Å². The molecule has 2 aromatic heterocycles. The quantitative estimate of drug-likeness (QED) is 0.197. The van der Waals surface area contributed by atoms with E-state index in [1.807, 2.05) is 0 Å². The van der Waals surface area contributed by atoms with Crippen molar-refractivity contribution in [1.82, 2.24) is 19.1 Å². The summed E-state index contributed by atoms with van der Waals surface area (Å²) >= 11 is 0. The maximum Gasteiger partial charge on any atom is 0.352 e. The van der Waals surface area contributed by atoms with Crippen LogP contribution in [0.2, 0.25) is 0 Å². The first-order valence-electron chi connectivity index (χ1n) is 10.1. The molecule has 0 unspecified atom stereocenters. The Morgan fingerprint density at radius 1 is 0.794 bits per heavy atom. The van der Waals surface area contributed by atoms with Crippen LogP contribution in [0, 0.1) is 0 Å². The number of nitrogens with two attached hydrogens (primary N) is 2. The van der Waals surface area contributed by atoms with Gasteiger partial charge in [0.2, 0.25) is 11.4 Å². The second kappa shape index (κ2) is 8.36. The van der Waals surface area contributed by atoms with Gasteiger partial charge in [0, 0.05) is 12.4 Å².